The van der Waals surface area contributed by atoms with E-state index < -0.39 is 0 Å². The normalized spacial score (nSPS) is 11.2. The number of aliphatic imine (C=N–C) groups is 1. The van der Waals surface area contributed by atoms with Crippen LogP contribution in [0.3, 0.4) is 0 Å². The number of halogens is 1. The molecule has 0 bridgehead atoms. The van der Waals surface area contributed by atoms with Gasteiger partial charge in [0.2, 0.25) is 0 Å². The molecule has 0 aliphatic heterocycles. The first-order chi connectivity index (χ1) is 13.1. The average Bonchev–Trinajstić information content (AvgIpc) is 3.27. The lowest BCUT2D eigenvalue weighted by atomic mass is 10.1. The van der Waals surface area contributed by atoms with Gasteiger partial charge in [-0.15, -0.1) is 35.3 Å². The average molecular weight is 510 g/mol. The van der Waals surface area contributed by atoms with Crippen molar-refractivity contribution in [1.29, 1.82) is 0 Å². The molecule has 0 radical (unpaired) electrons. The zero-order chi connectivity index (χ0) is 19.2. The highest BCUT2D eigenvalue weighted by molar-refractivity contribution is 14.0. The van der Waals surface area contributed by atoms with Crippen LogP contribution in [0.15, 0.2) is 40.7 Å². The molecule has 6 nitrogen and oxygen atoms in total. The smallest absolute Gasteiger partial charge is 0.191 e. The first-order valence-electron chi connectivity index (χ1n) is 9.10. The molecule has 0 amide bonds. The molecule has 1 aromatic carbocycles. The largest absolute Gasteiger partial charge is 0.352 e. The summed E-state index contributed by atoms with van der Waals surface area (Å²) in [5, 5.41) is 14.6. The van der Waals surface area contributed by atoms with Gasteiger partial charge in [0.1, 0.15) is 0 Å². The maximum Gasteiger partial charge on any atom is 0.191 e. The summed E-state index contributed by atoms with van der Waals surface area (Å²) in [6.45, 7) is 7.53. The van der Waals surface area contributed by atoms with Gasteiger partial charge in [-0.1, -0.05) is 25.1 Å². The number of thiazole rings is 1. The lowest BCUT2D eigenvalue weighted by Gasteiger charge is -2.14. The van der Waals surface area contributed by atoms with Gasteiger partial charge in [-0.2, -0.15) is 5.10 Å². The minimum Gasteiger partial charge on any atom is -0.352 e. The molecule has 8 heteroatoms. The molecule has 3 aromatic rings. The molecule has 2 N–H and O–H groups in total. The Balaban J connectivity index is 0.00000280. The van der Waals surface area contributed by atoms with Crippen molar-refractivity contribution in [1.82, 2.24) is 25.4 Å². The molecule has 0 spiro atoms. The fourth-order valence-corrected chi connectivity index (χ4v) is 3.65. The summed E-state index contributed by atoms with van der Waals surface area (Å²) in [5.74, 6) is 0.754. The van der Waals surface area contributed by atoms with E-state index in [4.69, 9.17) is 0 Å². The minimum absolute atomic E-state index is 0. The topological polar surface area (TPSA) is 67.1 Å². The first kappa shape index (κ1) is 22.4. The maximum absolute atomic E-state index is 4.61. The van der Waals surface area contributed by atoms with Crippen LogP contribution in [0.25, 0.3) is 5.69 Å². The van der Waals surface area contributed by atoms with Crippen LogP contribution < -0.4 is 10.6 Å². The third-order valence-corrected chi connectivity index (χ3v) is 5.28. The van der Waals surface area contributed by atoms with Gasteiger partial charge >= 0.3 is 0 Å². The van der Waals surface area contributed by atoms with E-state index >= 15 is 0 Å². The minimum atomic E-state index is 0. The Kier molecular flexibility index (Phi) is 8.43. The SMILES string of the molecule is CCc1nc(CNC(=NC)NCc2ccccc2-n2nc(C)cc2C)cs1.I. The van der Waals surface area contributed by atoms with Crippen molar-refractivity contribution in [3.63, 3.8) is 0 Å². The number of hydrogen-bond acceptors (Lipinski definition) is 4. The van der Waals surface area contributed by atoms with E-state index in [0.29, 0.717) is 13.1 Å². The molecule has 0 aliphatic carbocycles. The monoisotopic (exact) mass is 510 g/mol. The van der Waals surface area contributed by atoms with Gasteiger partial charge in [0.25, 0.3) is 0 Å². The third kappa shape index (κ3) is 5.54. The van der Waals surface area contributed by atoms with E-state index in [1.807, 2.05) is 23.7 Å². The van der Waals surface area contributed by atoms with Crippen LogP contribution in [-0.2, 0) is 19.5 Å². The zero-order valence-corrected chi connectivity index (χ0v) is 19.8. The summed E-state index contributed by atoms with van der Waals surface area (Å²) >= 11 is 1.70. The zero-order valence-electron chi connectivity index (χ0n) is 16.7. The number of guanidine groups is 1. The van der Waals surface area contributed by atoms with Crippen molar-refractivity contribution in [2.75, 3.05) is 7.05 Å². The van der Waals surface area contributed by atoms with Crippen LogP contribution >= 0.6 is 35.3 Å². The molecule has 0 saturated heterocycles. The number of aromatic nitrogens is 3. The number of nitrogens with zero attached hydrogens (tertiary/aromatic N) is 4. The molecular formula is C20H27IN6S. The molecule has 2 aromatic heterocycles. The Morgan fingerprint density at radius 1 is 1.18 bits per heavy atom. The Morgan fingerprint density at radius 2 is 1.93 bits per heavy atom. The molecule has 0 saturated carbocycles. The van der Waals surface area contributed by atoms with Gasteiger partial charge in [-0.25, -0.2) is 9.67 Å². The standard InChI is InChI=1S/C20H26N6S.HI/c1-5-19-24-17(13-27-19)12-23-20(21-4)22-11-16-8-6-7-9-18(16)26-15(3)10-14(2)25-26;/h6-10,13H,5,11-12H2,1-4H3,(H2,21,22,23);1H. The number of para-hydroxylation sites is 1. The van der Waals surface area contributed by atoms with Gasteiger partial charge in [0.05, 0.1) is 28.6 Å². The number of benzene rings is 1. The van der Waals surface area contributed by atoms with E-state index in [2.05, 4.69) is 63.1 Å². The predicted molar refractivity (Wildman–Crippen MR) is 127 cm³/mol. The highest BCUT2D eigenvalue weighted by Crippen LogP contribution is 2.17. The van der Waals surface area contributed by atoms with Crippen LogP contribution in [-0.4, -0.2) is 27.8 Å². The molecule has 150 valence electrons. The third-order valence-electron chi connectivity index (χ3n) is 4.24. The van der Waals surface area contributed by atoms with Gasteiger partial charge in [-0.05, 0) is 38.0 Å². The fraction of sp³-hybridized carbons (Fsp3) is 0.350. The Bertz CT molecular complexity index is 930. The van der Waals surface area contributed by atoms with Crippen LogP contribution in [0.1, 0.15) is 34.6 Å². The molecular weight excluding hydrogens is 483 g/mol. The second-order valence-corrected chi connectivity index (χ2v) is 7.28. The molecule has 0 unspecified atom stereocenters. The van der Waals surface area contributed by atoms with E-state index in [9.17, 15) is 0 Å². The molecule has 0 fully saturated rings. The number of nitrogens with one attached hydrogen (secondary N) is 2. The second kappa shape index (κ2) is 10.6. The van der Waals surface area contributed by atoms with E-state index in [-0.39, 0.29) is 24.0 Å². The Labute approximate surface area is 187 Å². The van der Waals surface area contributed by atoms with Crippen molar-refractivity contribution in [2.45, 2.75) is 40.3 Å². The van der Waals surface area contributed by atoms with Crippen LogP contribution in [0.4, 0.5) is 0 Å². The summed E-state index contributed by atoms with van der Waals surface area (Å²) in [6.07, 6.45) is 0.973. The lowest BCUT2D eigenvalue weighted by Crippen LogP contribution is -2.36. The maximum atomic E-state index is 4.61. The van der Waals surface area contributed by atoms with E-state index in [1.165, 1.54) is 0 Å². The fourth-order valence-electron chi connectivity index (χ4n) is 2.91. The van der Waals surface area contributed by atoms with Crippen LogP contribution in [0, 0.1) is 13.8 Å². The number of rotatable bonds is 6. The summed E-state index contributed by atoms with van der Waals surface area (Å²) < 4.78 is 1.99. The number of hydrogen-bond donors (Lipinski definition) is 2. The first-order valence-corrected chi connectivity index (χ1v) is 9.98. The molecule has 0 aliphatic rings. The molecule has 28 heavy (non-hydrogen) atoms. The summed E-state index contributed by atoms with van der Waals surface area (Å²) in [5.41, 5.74) is 5.43. The van der Waals surface area contributed by atoms with Crippen LogP contribution in [0.2, 0.25) is 0 Å². The second-order valence-electron chi connectivity index (χ2n) is 6.33. The van der Waals surface area contributed by atoms with Gasteiger partial charge in [0, 0.05) is 24.7 Å². The van der Waals surface area contributed by atoms with Gasteiger partial charge in [0.15, 0.2) is 5.96 Å². The van der Waals surface area contributed by atoms with Crippen molar-refractivity contribution < 1.29 is 0 Å². The summed E-state index contributed by atoms with van der Waals surface area (Å²) in [7, 11) is 1.78. The molecule has 2 heterocycles. The Morgan fingerprint density at radius 3 is 2.57 bits per heavy atom. The number of aryl methyl sites for hydroxylation is 3. The van der Waals surface area contributed by atoms with E-state index in [0.717, 1.165) is 45.7 Å². The van der Waals surface area contributed by atoms with Crippen LogP contribution in [0.5, 0.6) is 0 Å². The predicted octanol–water partition coefficient (Wildman–Crippen LogP) is 3.99. The quantitative estimate of drug-likeness (QED) is 0.299. The molecule has 3 rings (SSSR count). The Hall–Kier alpha value is -1.94. The molecule has 0 atom stereocenters. The summed E-state index contributed by atoms with van der Waals surface area (Å²) in [6, 6.07) is 10.4. The highest BCUT2D eigenvalue weighted by Gasteiger charge is 2.09. The summed E-state index contributed by atoms with van der Waals surface area (Å²) in [4.78, 5) is 8.90. The van der Waals surface area contributed by atoms with Crippen molar-refractivity contribution >= 4 is 41.3 Å². The van der Waals surface area contributed by atoms with E-state index in [1.54, 1.807) is 18.4 Å². The van der Waals surface area contributed by atoms with Gasteiger partial charge in [-0.3, -0.25) is 4.99 Å². The van der Waals surface area contributed by atoms with Gasteiger partial charge < -0.3 is 10.6 Å². The highest BCUT2D eigenvalue weighted by atomic mass is 127. The van der Waals surface area contributed by atoms with Crippen molar-refractivity contribution in [2.24, 2.45) is 4.99 Å². The lowest BCUT2D eigenvalue weighted by molar-refractivity contribution is 0.775. The van der Waals surface area contributed by atoms with Crippen molar-refractivity contribution in [3.05, 3.63) is 63.4 Å². The van der Waals surface area contributed by atoms with Crippen molar-refractivity contribution in [3.8, 4) is 5.69 Å².